The van der Waals surface area contributed by atoms with Gasteiger partial charge in [-0.15, -0.1) is 0 Å². The van der Waals surface area contributed by atoms with Crippen molar-refractivity contribution in [3.8, 4) is 6.07 Å². The van der Waals surface area contributed by atoms with Crippen molar-refractivity contribution in [2.75, 3.05) is 39.9 Å². The van der Waals surface area contributed by atoms with E-state index in [9.17, 15) is 5.26 Å². The molecular weight excluding hydrogens is 238 g/mol. The van der Waals surface area contributed by atoms with Gasteiger partial charge in [-0.05, 0) is 64.7 Å². The molecule has 0 aliphatic carbocycles. The lowest BCUT2D eigenvalue weighted by Gasteiger charge is -2.32. The first-order valence-electron chi connectivity index (χ1n) is 7.51. The molecule has 1 atom stereocenters. The van der Waals surface area contributed by atoms with Crippen molar-refractivity contribution >= 4 is 0 Å². The number of rotatable bonds is 8. The predicted molar refractivity (Wildman–Crippen MR) is 78.0 cm³/mol. The molecule has 0 aromatic heterocycles. The van der Waals surface area contributed by atoms with E-state index in [1.807, 2.05) is 6.92 Å². The number of ether oxygens (including phenoxy) is 1. The average Bonchev–Trinajstić information content (AvgIpc) is 2.41. The molecule has 0 aromatic rings. The molecule has 1 saturated heterocycles. The number of nitrogens with zero attached hydrogens (tertiary/aromatic N) is 2. The molecule has 1 rings (SSSR count). The second-order valence-corrected chi connectivity index (χ2v) is 5.82. The molecule has 0 spiro atoms. The zero-order valence-corrected chi connectivity index (χ0v) is 12.7. The molecule has 0 bridgehead atoms. The molecule has 1 aliphatic rings. The van der Waals surface area contributed by atoms with Gasteiger partial charge < -0.3 is 9.64 Å². The van der Waals surface area contributed by atoms with Crippen LogP contribution in [0.2, 0.25) is 0 Å². The van der Waals surface area contributed by atoms with Gasteiger partial charge in [-0.1, -0.05) is 6.92 Å². The highest BCUT2D eigenvalue weighted by Crippen LogP contribution is 2.18. The van der Waals surface area contributed by atoms with Crippen LogP contribution in [-0.4, -0.2) is 50.3 Å². The summed E-state index contributed by atoms with van der Waals surface area (Å²) in [6, 6.07) is 2.39. The highest BCUT2D eigenvalue weighted by atomic mass is 16.5. The van der Waals surface area contributed by atoms with Gasteiger partial charge in [-0.25, -0.2) is 0 Å². The van der Waals surface area contributed by atoms with Crippen LogP contribution in [0.4, 0.5) is 0 Å². The molecule has 1 N–H and O–H groups in total. The van der Waals surface area contributed by atoms with Crippen molar-refractivity contribution in [1.29, 1.82) is 5.26 Å². The maximum atomic E-state index is 9.21. The van der Waals surface area contributed by atoms with Crippen molar-refractivity contribution in [1.82, 2.24) is 10.2 Å². The molecule has 1 fully saturated rings. The second kappa shape index (κ2) is 8.52. The van der Waals surface area contributed by atoms with E-state index in [-0.39, 0.29) is 5.54 Å². The zero-order chi connectivity index (χ0) is 14.1. The van der Waals surface area contributed by atoms with E-state index in [2.05, 4.69) is 23.2 Å². The first-order valence-corrected chi connectivity index (χ1v) is 7.51. The number of piperidine rings is 1. The maximum absolute atomic E-state index is 9.21. The van der Waals surface area contributed by atoms with E-state index >= 15 is 0 Å². The molecule has 0 amide bonds. The summed E-state index contributed by atoms with van der Waals surface area (Å²) in [5, 5.41) is 12.5. The smallest absolute Gasteiger partial charge is 0.103 e. The van der Waals surface area contributed by atoms with Crippen LogP contribution in [0.1, 0.15) is 39.5 Å². The Labute approximate surface area is 118 Å². The van der Waals surface area contributed by atoms with Crippen LogP contribution in [0.3, 0.4) is 0 Å². The number of hydrogen-bond donors (Lipinski definition) is 1. The Morgan fingerprint density at radius 2 is 2.11 bits per heavy atom. The number of nitriles is 1. The largest absolute Gasteiger partial charge is 0.384 e. The molecule has 4 nitrogen and oxygen atoms in total. The van der Waals surface area contributed by atoms with Gasteiger partial charge in [-0.3, -0.25) is 5.32 Å². The van der Waals surface area contributed by atoms with E-state index in [1.165, 1.54) is 25.9 Å². The van der Waals surface area contributed by atoms with Gasteiger partial charge in [0.2, 0.25) is 0 Å². The summed E-state index contributed by atoms with van der Waals surface area (Å²) in [6.45, 7) is 9.28. The second-order valence-electron chi connectivity index (χ2n) is 5.82. The molecule has 4 heteroatoms. The topological polar surface area (TPSA) is 48.3 Å². The summed E-state index contributed by atoms with van der Waals surface area (Å²) in [5.41, 5.74) is -0.358. The Morgan fingerprint density at radius 3 is 2.63 bits per heavy atom. The van der Waals surface area contributed by atoms with E-state index < -0.39 is 0 Å². The molecule has 0 radical (unpaired) electrons. The Balaban J connectivity index is 2.19. The normalized spacial score (nSPS) is 20.9. The highest BCUT2D eigenvalue weighted by molar-refractivity contribution is 5.03. The number of nitrogens with one attached hydrogen (secondary N) is 1. The van der Waals surface area contributed by atoms with E-state index in [0.717, 1.165) is 38.5 Å². The minimum Gasteiger partial charge on any atom is -0.384 e. The third-order valence-electron chi connectivity index (χ3n) is 4.07. The molecule has 1 aliphatic heterocycles. The van der Waals surface area contributed by atoms with Gasteiger partial charge >= 0.3 is 0 Å². The van der Waals surface area contributed by atoms with Gasteiger partial charge in [0.15, 0.2) is 0 Å². The molecule has 19 heavy (non-hydrogen) atoms. The third kappa shape index (κ3) is 5.90. The van der Waals surface area contributed by atoms with E-state index in [0.29, 0.717) is 0 Å². The van der Waals surface area contributed by atoms with E-state index in [4.69, 9.17) is 4.74 Å². The molecular formula is C15H29N3O. The fraction of sp³-hybridized carbons (Fsp3) is 0.933. The van der Waals surface area contributed by atoms with Gasteiger partial charge in [0, 0.05) is 13.7 Å². The summed E-state index contributed by atoms with van der Waals surface area (Å²) in [4.78, 5) is 2.52. The molecule has 0 saturated carbocycles. The third-order valence-corrected chi connectivity index (χ3v) is 4.07. The molecule has 0 aromatic carbocycles. The van der Waals surface area contributed by atoms with Crippen LogP contribution in [0, 0.1) is 17.2 Å². The van der Waals surface area contributed by atoms with Gasteiger partial charge in [0.05, 0.1) is 6.07 Å². The van der Waals surface area contributed by atoms with Gasteiger partial charge in [0.1, 0.15) is 5.54 Å². The number of methoxy groups -OCH3 is 1. The van der Waals surface area contributed by atoms with Crippen LogP contribution in [0.5, 0.6) is 0 Å². The summed E-state index contributed by atoms with van der Waals surface area (Å²) >= 11 is 0. The van der Waals surface area contributed by atoms with Crippen LogP contribution < -0.4 is 5.32 Å². The predicted octanol–water partition coefficient (Wildman–Crippen LogP) is 2.02. The maximum Gasteiger partial charge on any atom is 0.103 e. The Kier molecular flexibility index (Phi) is 7.37. The Hall–Kier alpha value is -0.630. The minimum absolute atomic E-state index is 0.358. The molecule has 110 valence electrons. The minimum atomic E-state index is -0.358. The molecule has 1 unspecified atom stereocenters. The first-order chi connectivity index (χ1) is 9.13. The summed E-state index contributed by atoms with van der Waals surface area (Å²) in [6.07, 6.45) is 4.51. The summed E-state index contributed by atoms with van der Waals surface area (Å²) < 4.78 is 5.22. The standard InChI is InChI=1S/C15H29N3O/c1-4-17-15(2,13-16)8-5-9-18-10-6-14(7-11-18)12-19-3/h14,17H,4-12H2,1-3H3. The fourth-order valence-corrected chi connectivity index (χ4v) is 2.84. The highest BCUT2D eigenvalue weighted by Gasteiger charge is 2.23. The van der Waals surface area contributed by atoms with Crippen molar-refractivity contribution in [3.63, 3.8) is 0 Å². The fourth-order valence-electron chi connectivity index (χ4n) is 2.84. The van der Waals surface area contributed by atoms with Crippen molar-refractivity contribution in [2.45, 2.75) is 45.1 Å². The quantitative estimate of drug-likeness (QED) is 0.731. The lowest BCUT2D eigenvalue weighted by molar-refractivity contribution is 0.0982. The van der Waals surface area contributed by atoms with Crippen molar-refractivity contribution in [3.05, 3.63) is 0 Å². The monoisotopic (exact) mass is 267 g/mol. The van der Waals surface area contributed by atoms with Gasteiger partial charge in [-0.2, -0.15) is 5.26 Å². The zero-order valence-electron chi connectivity index (χ0n) is 12.7. The molecule has 1 heterocycles. The van der Waals surface area contributed by atoms with Crippen LogP contribution >= 0.6 is 0 Å². The first kappa shape index (κ1) is 16.4. The van der Waals surface area contributed by atoms with Crippen molar-refractivity contribution in [2.24, 2.45) is 5.92 Å². The lowest BCUT2D eigenvalue weighted by atomic mass is 9.95. The van der Waals surface area contributed by atoms with Gasteiger partial charge in [0.25, 0.3) is 0 Å². The number of hydrogen-bond acceptors (Lipinski definition) is 4. The van der Waals surface area contributed by atoms with Crippen LogP contribution in [0.15, 0.2) is 0 Å². The summed E-state index contributed by atoms with van der Waals surface area (Å²) in [5.74, 6) is 0.743. The van der Waals surface area contributed by atoms with Crippen LogP contribution in [-0.2, 0) is 4.74 Å². The summed E-state index contributed by atoms with van der Waals surface area (Å²) in [7, 11) is 1.79. The van der Waals surface area contributed by atoms with E-state index in [1.54, 1.807) is 7.11 Å². The number of likely N-dealkylation sites (tertiary alicyclic amines) is 1. The van der Waals surface area contributed by atoms with Crippen molar-refractivity contribution < 1.29 is 4.74 Å². The lowest BCUT2D eigenvalue weighted by Crippen LogP contribution is -2.42. The van der Waals surface area contributed by atoms with Crippen LogP contribution in [0.25, 0.3) is 0 Å². The Bertz CT molecular complexity index is 282. The SMILES string of the molecule is CCNC(C)(C#N)CCCN1CCC(COC)CC1. The Morgan fingerprint density at radius 1 is 1.42 bits per heavy atom. The average molecular weight is 267 g/mol.